The summed E-state index contributed by atoms with van der Waals surface area (Å²) in [6, 6.07) is 4.71. The van der Waals surface area contributed by atoms with E-state index in [1.807, 2.05) is 5.10 Å². The first-order valence-corrected chi connectivity index (χ1v) is 11.3. The Morgan fingerprint density at radius 2 is 1.97 bits per heavy atom. The number of benzene rings is 2. The van der Waals surface area contributed by atoms with Crippen molar-refractivity contribution in [2.75, 3.05) is 0 Å². The van der Waals surface area contributed by atoms with Crippen LogP contribution in [-0.2, 0) is 10.0 Å². The largest absolute Gasteiger partial charge is 0.434 e. The molecule has 0 aliphatic rings. The predicted molar refractivity (Wildman–Crippen MR) is 115 cm³/mol. The van der Waals surface area contributed by atoms with Crippen molar-refractivity contribution in [3.8, 4) is 0 Å². The van der Waals surface area contributed by atoms with Gasteiger partial charge in [0.05, 0.1) is 10.5 Å². The van der Waals surface area contributed by atoms with Crippen LogP contribution in [0.25, 0.3) is 0 Å². The molecule has 3 aromatic rings. The molecule has 0 aliphatic carbocycles. The molecule has 9 nitrogen and oxygen atoms in total. The third kappa shape index (κ3) is 4.70. The summed E-state index contributed by atoms with van der Waals surface area (Å²) in [6.07, 6.45) is 0. The number of H-pyrrole nitrogens is 1. The van der Waals surface area contributed by atoms with Crippen LogP contribution in [-0.4, -0.2) is 24.5 Å². The maximum atomic E-state index is 14.7. The normalized spacial score (nSPS) is 13.7. The van der Waals surface area contributed by atoms with Crippen molar-refractivity contribution in [2.24, 2.45) is 5.73 Å². The lowest BCUT2D eigenvalue weighted by molar-refractivity contribution is 0.0997. The van der Waals surface area contributed by atoms with Crippen molar-refractivity contribution in [2.45, 2.75) is 30.7 Å². The lowest BCUT2D eigenvalue weighted by atomic mass is 9.92. The predicted octanol–water partition coefficient (Wildman–Crippen LogP) is 3.04. The number of nitrogens with one attached hydrogen (secondary N) is 2. The van der Waals surface area contributed by atoms with E-state index < -0.39 is 44.4 Å². The Bertz CT molecular complexity index is 1360. The number of hydrogen-bond donors (Lipinski definition) is 3. The average Bonchev–Trinajstić information content (AvgIpc) is 3.15. The van der Waals surface area contributed by atoms with Crippen LogP contribution in [0.15, 0.2) is 44.4 Å². The fourth-order valence-corrected chi connectivity index (χ4v) is 5.12. The van der Waals surface area contributed by atoms with Crippen molar-refractivity contribution in [1.29, 1.82) is 0 Å². The summed E-state index contributed by atoms with van der Waals surface area (Å²) in [4.78, 5) is 22.8. The van der Waals surface area contributed by atoms with Gasteiger partial charge in [-0.1, -0.05) is 36.2 Å². The van der Waals surface area contributed by atoms with Crippen molar-refractivity contribution >= 4 is 39.1 Å². The fraction of sp³-hybridized carbons (Fsp3) is 0.211. The Morgan fingerprint density at radius 3 is 2.56 bits per heavy atom. The van der Waals surface area contributed by atoms with E-state index in [-0.39, 0.29) is 27.1 Å². The topological polar surface area (TPSA) is 148 Å². The molecule has 0 aliphatic heterocycles. The van der Waals surface area contributed by atoms with Crippen LogP contribution >= 0.6 is 23.2 Å². The van der Waals surface area contributed by atoms with Gasteiger partial charge in [0.2, 0.25) is 21.8 Å². The first-order valence-electron chi connectivity index (χ1n) is 9.04. The third-order valence-electron chi connectivity index (χ3n) is 4.77. The quantitative estimate of drug-likeness (QED) is 0.452. The van der Waals surface area contributed by atoms with Gasteiger partial charge in [0.1, 0.15) is 11.9 Å². The molecule has 0 spiro atoms. The zero-order valence-corrected chi connectivity index (χ0v) is 19.0. The van der Waals surface area contributed by atoms with E-state index in [1.165, 1.54) is 25.1 Å². The van der Waals surface area contributed by atoms with Crippen LogP contribution in [0.4, 0.5) is 4.39 Å². The number of amides is 1. The summed E-state index contributed by atoms with van der Waals surface area (Å²) in [6.45, 7) is 3.13. The molecule has 1 amide bonds. The molecule has 0 bridgehead atoms. The van der Waals surface area contributed by atoms with E-state index in [1.54, 1.807) is 6.92 Å². The summed E-state index contributed by atoms with van der Waals surface area (Å²) in [5, 5.41) is 5.88. The number of aryl methyl sites for hydroxylation is 1. The zero-order chi connectivity index (χ0) is 23.8. The second-order valence-electron chi connectivity index (χ2n) is 6.94. The van der Waals surface area contributed by atoms with Gasteiger partial charge in [-0.05, 0) is 36.8 Å². The minimum absolute atomic E-state index is 0.0174. The number of primary amides is 1. The molecule has 1 aromatic heterocycles. The van der Waals surface area contributed by atoms with Crippen molar-refractivity contribution < 1.29 is 22.0 Å². The van der Waals surface area contributed by atoms with Gasteiger partial charge in [0.25, 0.3) is 0 Å². The van der Waals surface area contributed by atoms with Gasteiger partial charge < -0.3 is 10.2 Å². The van der Waals surface area contributed by atoms with Gasteiger partial charge in [-0.15, -0.1) is 5.10 Å². The third-order valence-corrected chi connectivity index (χ3v) is 7.01. The maximum absolute atomic E-state index is 14.7. The molecular formula is C19H17Cl2FN4O5S. The van der Waals surface area contributed by atoms with Crippen LogP contribution in [0.2, 0.25) is 10.0 Å². The van der Waals surface area contributed by atoms with E-state index >= 15 is 0 Å². The van der Waals surface area contributed by atoms with Crippen LogP contribution in [0.5, 0.6) is 0 Å². The van der Waals surface area contributed by atoms with E-state index in [0.717, 1.165) is 12.1 Å². The Kier molecular flexibility index (Phi) is 6.75. The van der Waals surface area contributed by atoms with Crippen molar-refractivity contribution in [3.63, 3.8) is 0 Å². The van der Waals surface area contributed by atoms with Gasteiger partial charge in [-0.3, -0.25) is 4.79 Å². The van der Waals surface area contributed by atoms with Gasteiger partial charge in [-0.2, -0.15) is 4.72 Å². The SMILES string of the molecule is Cc1ccc(F)c(C(C)C(NS(=O)(=O)c2ccc(Cl)cc2C(N)=O)c2n[nH]c(=O)o2)c1Cl. The number of sulfonamides is 1. The molecule has 2 atom stereocenters. The molecule has 0 radical (unpaired) electrons. The van der Waals surface area contributed by atoms with Gasteiger partial charge in [-0.25, -0.2) is 22.7 Å². The first kappa shape index (κ1) is 23.9. The first-order chi connectivity index (χ1) is 14.9. The number of carbonyl (C=O) groups excluding carboxylic acids is 1. The molecule has 0 saturated heterocycles. The number of hydrogen-bond acceptors (Lipinski definition) is 6. The maximum Gasteiger partial charge on any atom is 0.434 e. The highest BCUT2D eigenvalue weighted by atomic mass is 35.5. The number of nitrogens with zero attached hydrogens (tertiary/aromatic N) is 1. The second kappa shape index (κ2) is 9.02. The minimum Gasteiger partial charge on any atom is -0.391 e. The minimum atomic E-state index is -4.47. The molecule has 3 rings (SSSR count). The monoisotopic (exact) mass is 502 g/mol. The summed E-state index contributed by atoms with van der Waals surface area (Å²) in [5.41, 5.74) is 5.47. The van der Waals surface area contributed by atoms with Crippen LogP contribution in [0.3, 0.4) is 0 Å². The summed E-state index contributed by atoms with van der Waals surface area (Å²) < 4.78 is 48.3. The van der Waals surface area contributed by atoms with Crippen LogP contribution in [0, 0.1) is 12.7 Å². The highest BCUT2D eigenvalue weighted by Gasteiger charge is 2.35. The molecule has 4 N–H and O–H groups in total. The molecule has 170 valence electrons. The van der Waals surface area contributed by atoms with Crippen LogP contribution < -0.4 is 16.2 Å². The Balaban J connectivity index is 2.14. The van der Waals surface area contributed by atoms with Crippen LogP contribution in [0.1, 0.15) is 46.3 Å². The lowest BCUT2D eigenvalue weighted by Crippen LogP contribution is -2.34. The zero-order valence-electron chi connectivity index (χ0n) is 16.6. The summed E-state index contributed by atoms with van der Waals surface area (Å²) in [5.74, 6) is -4.03. The Hall–Kier alpha value is -2.73. The molecule has 1 heterocycles. The molecule has 32 heavy (non-hydrogen) atoms. The van der Waals surface area contributed by atoms with Gasteiger partial charge in [0, 0.05) is 21.5 Å². The lowest BCUT2D eigenvalue weighted by Gasteiger charge is -2.24. The van der Waals surface area contributed by atoms with Crippen molar-refractivity contribution in [1.82, 2.24) is 14.9 Å². The number of halogens is 3. The molecule has 2 aromatic carbocycles. The molecule has 0 fully saturated rings. The van der Waals surface area contributed by atoms with E-state index in [2.05, 4.69) is 9.82 Å². The fourth-order valence-electron chi connectivity index (χ4n) is 3.16. The van der Waals surface area contributed by atoms with Gasteiger partial charge >= 0.3 is 5.76 Å². The highest BCUT2D eigenvalue weighted by Crippen LogP contribution is 2.38. The molecule has 13 heteroatoms. The standard InChI is InChI=1S/C19H17Cl2FN4O5S/c1-8-3-5-12(22)14(15(8)21)9(2)16(18-24-25-19(28)31-18)26-32(29,30)13-6-4-10(20)7-11(13)17(23)27/h3-7,9,16,26H,1-2H3,(H2,23,27)(H,25,28). The summed E-state index contributed by atoms with van der Waals surface area (Å²) in [7, 11) is -4.47. The Labute approximate surface area is 191 Å². The second-order valence-corrected chi connectivity index (χ2v) is 9.43. The van der Waals surface area contributed by atoms with E-state index in [4.69, 9.17) is 33.4 Å². The van der Waals surface area contributed by atoms with E-state index in [0.29, 0.717) is 5.56 Å². The van der Waals surface area contributed by atoms with E-state index in [9.17, 15) is 22.4 Å². The molecule has 2 unspecified atom stereocenters. The van der Waals surface area contributed by atoms with Crippen molar-refractivity contribution in [3.05, 3.63) is 79.3 Å². The van der Waals surface area contributed by atoms with Gasteiger partial charge in [0.15, 0.2) is 0 Å². The number of nitrogens with two attached hydrogens (primary N) is 1. The number of rotatable bonds is 7. The Morgan fingerprint density at radius 1 is 1.28 bits per heavy atom. The number of aromatic nitrogens is 2. The number of carbonyl (C=O) groups is 1. The highest BCUT2D eigenvalue weighted by molar-refractivity contribution is 7.89. The smallest absolute Gasteiger partial charge is 0.391 e. The number of aromatic amines is 1. The molecule has 0 saturated carbocycles. The summed E-state index contributed by atoms with van der Waals surface area (Å²) >= 11 is 12.1. The average molecular weight is 503 g/mol. The molecular weight excluding hydrogens is 486 g/mol.